The Morgan fingerprint density at radius 2 is 2.25 bits per heavy atom. The molecule has 2 atom stereocenters. The summed E-state index contributed by atoms with van der Waals surface area (Å²) in [6.45, 7) is 4.34. The highest BCUT2D eigenvalue weighted by molar-refractivity contribution is 5.01. The summed E-state index contributed by atoms with van der Waals surface area (Å²) in [5.74, 6) is 0.766. The fourth-order valence-corrected chi connectivity index (χ4v) is 2.48. The van der Waals surface area contributed by atoms with E-state index in [2.05, 4.69) is 19.3 Å². The quantitative estimate of drug-likeness (QED) is 0.689. The number of nitrogens with one attached hydrogen (secondary N) is 1. The number of hydrogen-bond acceptors (Lipinski definition) is 2. The van der Waals surface area contributed by atoms with E-state index in [-0.39, 0.29) is 0 Å². The van der Waals surface area contributed by atoms with Gasteiger partial charge in [-0.05, 0) is 31.7 Å². The molecular weight excluding hydrogens is 150 g/mol. The molecule has 0 amide bonds. The van der Waals surface area contributed by atoms with Crippen LogP contribution in [0.15, 0.2) is 0 Å². The number of hydrogen-bond donors (Lipinski definition) is 1. The van der Waals surface area contributed by atoms with Crippen LogP contribution in [0.5, 0.6) is 0 Å². The lowest BCUT2D eigenvalue weighted by molar-refractivity contribution is 0.165. The molecule has 0 aromatic carbocycles. The van der Waals surface area contributed by atoms with Crippen molar-refractivity contribution < 1.29 is 4.74 Å². The molecule has 0 bridgehead atoms. The van der Waals surface area contributed by atoms with Crippen molar-refractivity contribution in [2.24, 2.45) is 11.3 Å². The van der Waals surface area contributed by atoms with Crippen molar-refractivity contribution in [3.8, 4) is 0 Å². The fraction of sp³-hybridized carbons (Fsp3) is 1.00. The van der Waals surface area contributed by atoms with Crippen molar-refractivity contribution in [2.45, 2.75) is 32.2 Å². The first-order valence-electron chi connectivity index (χ1n) is 5.01. The zero-order valence-corrected chi connectivity index (χ0v) is 8.10. The predicted molar refractivity (Wildman–Crippen MR) is 49.1 cm³/mol. The van der Waals surface area contributed by atoms with Gasteiger partial charge in [0, 0.05) is 18.6 Å². The SMILES string of the molecule is CNC(C1CCOC1)C1(C)CC1. The molecule has 2 fully saturated rings. The first-order chi connectivity index (χ1) is 5.76. The average Bonchev–Trinajstić information content (AvgIpc) is 2.63. The summed E-state index contributed by atoms with van der Waals surface area (Å²) >= 11 is 0. The lowest BCUT2D eigenvalue weighted by atomic mass is 9.86. The van der Waals surface area contributed by atoms with Crippen LogP contribution < -0.4 is 5.32 Å². The molecular formula is C10H19NO. The first-order valence-corrected chi connectivity index (χ1v) is 5.01. The molecule has 2 heteroatoms. The van der Waals surface area contributed by atoms with Crippen LogP contribution in [0.25, 0.3) is 0 Å². The molecule has 1 aliphatic heterocycles. The number of rotatable bonds is 3. The Labute approximate surface area is 74.7 Å². The molecule has 1 N–H and O–H groups in total. The molecule has 1 heterocycles. The summed E-state index contributed by atoms with van der Waals surface area (Å²) in [7, 11) is 2.09. The Morgan fingerprint density at radius 3 is 2.67 bits per heavy atom. The fourth-order valence-electron chi connectivity index (χ4n) is 2.48. The van der Waals surface area contributed by atoms with Gasteiger partial charge in [0.05, 0.1) is 6.61 Å². The van der Waals surface area contributed by atoms with Crippen molar-refractivity contribution in [2.75, 3.05) is 20.3 Å². The van der Waals surface area contributed by atoms with Gasteiger partial charge in [0.1, 0.15) is 0 Å². The molecule has 1 saturated heterocycles. The van der Waals surface area contributed by atoms with E-state index in [0.29, 0.717) is 11.5 Å². The van der Waals surface area contributed by atoms with Gasteiger partial charge >= 0.3 is 0 Å². The lowest BCUT2D eigenvalue weighted by Crippen LogP contribution is -2.40. The average molecular weight is 169 g/mol. The third-order valence-electron chi connectivity index (χ3n) is 3.54. The van der Waals surface area contributed by atoms with Crippen LogP contribution in [-0.2, 0) is 4.74 Å². The summed E-state index contributed by atoms with van der Waals surface area (Å²) in [6, 6.07) is 0.694. The highest BCUT2D eigenvalue weighted by Crippen LogP contribution is 2.50. The minimum atomic E-state index is 0.590. The maximum absolute atomic E-state index is 5.42. The van der Waals surface area contributed by atoms with E-state index in [1.165, 1.54) is 19.3 Å². The van der Waals surface area contributed by atoms with E-state index >= 15 is 0 Å². The van der Waals surface area contributed by atoms with E-state index < -0.39 is 0 Å². The van der Waals surface area contributed by atoms with Gasteiger partial charge in [0.25, 0.3) is 0 Å². The Kier molecular flexibility index (Phi) is 2.13. The van der Waals surface area contributed by atoms with Crippen LogP contribution in [0.3, 0.4) is 0 Å². The second kappa shape index (κ2) is 3.00. The Bertz CT molecular complexity index is 159. The lowest BCUT2D eigenvalue weighted by Gasteiger charge is -2.28. The van der Waals surface area contributed by atoms with Crippen molar-refractivity contribution in [3.63, 3.8) is 0 Å². The molecule has 0 spiro atoms. The van der Waals surface area contributed by atoms with E-state index in [4.69, 9.17) is 4.74 Å². The zero-order chi connectivity index (χ0) is 8.60. The van der Waals surface area contributed by atoms with E-state index in [0.717, 1.165) is 19.1 Å². The third kappa shape index (κ3) is 1.38. The van der Waals surface area contributed by atoms with Crippen molar-refractivity contribution >= 4 is 0 Å². The van der Waals surface area contributed by atoms with Gasteiger partial charge < -0.3 is 10.1 Å². The summed E-state index contributed by atoms with van der Waals surface area (Å²) in [6.07, 6.45) is 4.05. The molecule has 0 aromatic rings. The molecule has 0 aromatic heterocycles. The van der Waals surface area contributed by atoms with E-state index in [9.17, 15) is 0 Å². The topological polar surface area (TPSA) is 21.3 Å². The highest BCUT2D eigenvalue weighted by Gasteiger charge is 2.47. The smallest absolute Gasteiger partial charge is 0.0510 e. The van der Waals surface area contributed by atoms with Crippen LogP contribution in [0.4, 0.5) is 0 Å². The molecule has 12 heavy (non-hydrogen) atoms. The first kappa shape index (κ1) is 8.52. The standard InChI is InChI=1S/C10H19NO/c1-10(4-5-10)9(11-2)8-3-6-12-7-8/h8-9,11H,3-7H2,1-2H3. The van der Waals surface area contributed by atoms with Gasteiger partial charge in [0.2, 0.25) is 0 Å². The van der Waals surface area contributed by atoms with Crippen LogP contribution in [0.1, 0.15) is 26.2 Å². The van der Waals surface area contributed by atoms with Gasteiger partial charge in [-0.15, -0.1) is 0 Å². The summed E-state index contributed by atoms with van der Waals surface area (Å²) < 4.78 is 5.42. The summed E-state index contributed by atoms with van der Waals surface area (Å²) in [5, 5.41) is 3.47. The Balaban J connectivity index is 1.97. The summed E-state index contributed by atoms with van der Waals surface area (Å²) in [4.78, 5) is 0. The molecule has 2 aliphatic rings. The van der Waals surface area contributed by atoms with Crippen LogP contribution in [0, 0.1) is 11.3 Å². The zero-order valence-electron chi connectivity index (χ0n) is 8.10. The van der Waals surface area contributed by atoms with Crippen molar-refractivity contribution in [1.29, 1.82) is 0 Å². The van der Waals surface area contributed by atoms with Crippen LogP contribution in [0.2, 0.25) is 0 Å². The van der Waals surface area contributed by atoms with Crippen molar-refractivity contribution in [1.82, 2.24) is 5.32 Å². The minimum Gasteiger partial charge on any atom is -0.381 e. The second-order valence-corrected chi connectivity index (χ2v) is 4.54. The molecule has 1 aliphatic carbocycles. The van der Waals surface area contributed by atoms with Gasteiger partial charge in [-0.2, -0.15) is 0 Å². The Hall–Kier alpha value is -0.0800. The molecule has 2 unspecified atom stereocenters. The van der Waals surface area contributed by atoms with Gasteiger partial charge in [0.15, 0.2) is 0 Å². The predicted octanol–water partition coefficient (Wildman–Crippen LogP) is 1.41. The van der Waals surface area contributed by atoms with Gasteiger partial charge in [-0.3, -0.25) is 0 Å². The van der Waals surface area contributed by atoms with Gasteiger partial charge in [-0.1, -0.05) is 6.92 Å². The Morgan fingerprint density at radius 1 is 1.50 bits per heavy atom. The number of ether oxygens (including phenoxy) is 1. The maximum atomic E-state index is 5.42. The molecule has 1 saturated carbocycles. The third-order valence-corrected chi connectivity index (χ3v) is 3.54. The summed E-state index contributed by atoms with van der Waals surface area (Å²) in [5.41, 5.74) is 0.590. The van der Waals surface area contributed by atoms with E-state index in [1.807, 2.05) is 0 Å². The van der Waals surface area contributed by atoms with Crippen LogP contribution in [-0.4, -0.2) is 26.3 Å². The van der Waals surface area contributed by atoms with Crippen molar-refractivity contribution in [3.05, 3.63) is 0 Å². The molecule has 2 rings (SSSR count). The monoisotopic (exact) mass is 169 g/mol. The largest absolute Gasteiger partial charge is 0.381 e. The van der Waals surface area contributed by atoms with Gasteiger partial charge in [-0.25, -0.2) is 0 Å². The highest BCUT2D eigenvalue weighted by atomic mass is 16.5. The second-order valence-electron chi connectivity index (χ2n) is 4.54. The maximum Gasteiger partial charge on any atom is 0.0510 e. The minimum absolute atomic E-state index is 0.590. The van der Waals surface area contributed by atoms with E-state index in [1.54, 1.807) is 0 Å². The molecule has 0 radical (unpaired) electrons. The molecule has 2 nitrogen and oxygen atoms in total. The van der Waals surface area contributed by atoms with Crippen LogP contribution >= 0.6 is 0 Å². The normalized spacial score (nSPS) is 35.0. The molecule has 70 valence electrons.